The topological polar surface area (TPSA) is 54.9 Å². The van der Waals surface area contributed by atoms with Crippen LogP contribution in [0.4, 0.5) is 5.69 Å². The third kappa shape index (κ3) is 6.10. The number of methoxy groups -OCH3 is 1. The van der Waals surface area contributed by atoms with Crippen molar-refractivity contribution in [1.29, 1.82) is 0 Å². The molecule has 28 heavy (non-hydrogen) atoms. The number of hydrogen-bond donors (Lipinski definition) is 2. The van der Waals surface area contributed by atoms with Crippen LogP contribution in [0, 0.1) is 0 Å². The van der Waals surface area contributed by atoms with Gasteiger partial charge in [-0.05, 0) is 71.9 Å². The van der Waals surface area contributed by atoms with Crippen LogP contribution in [0.3, 0.4) is 0 Å². The van der Waals surface area contributed by atoms with E-state index in [0.29, 0.717) is 11.7 Å². The molecule has 0 aromatic heterocycles. The average Bonchev–Trinajstić information content (AvgIpc) is 2.74. The third-order valence-electron chi connectivity index (χ3n) is 3.86. The summed E-state index contributed by atoms with van der Waals surface area (Å²) in [7, 11) is 1.63. The number of hydrazone groups is 1. The van der Waals surface area contributed by atoms with Crippen LogP contribution in [0.2, 0.25) is 0 Å². The summed E-state index contributed by atoms with van der Waals surface area (Å²) < 4.78 is 10.9. The lowest BCUT2D eigenvalue weighted by Gasteiger charge is -2.08. The summed E-state index contributed by atoms with van der Waals surface area (Å²) in [6.07, 6.45) is 1.70. The minimum Gasteiger partial charge on any atom is -0.497 e. The SMILES string of the molecule is COc1ccc(NC(=S)NN=Cc2ccc(OCc3ccccc3)cc2)cc1. The Labute approximate surface area is 170 Å². The van der Waals surface area contributed by atoms with Crippen LogP contribution in [-0.2, 0) is 6.61 Å². The van der Waals surface area contributed by atoms with Gasteiger partial charge in [0.05, 0.1) is 13.3 Å². The molecule has 0 spiro atoms. The van der Waals surface area contributed by atoms with Crippen molar-refractivity contribution in [3.8, 4) is 11.5 Å². The molecule has 3 aromatic rings. The molecule has 0 atom stereocenters. The highest BCUT2D eigenvalue weighted by atomic mass is 32.1. The Morgan fingerprint density at radius 1 is 0.929 bits per heavy atom. The number of anilines is 1. The van der Waals surface area contributed by atoms with Gasteiger partial charge in [0.25, 0.3) is 0 Å². The first-order valence-corrected chi connectivity index (χ1v) is 9.14. The summed E-state index contributed by atoms with van der Waals surface area (Å²) in [6.45, 7) is 0.543. The fourth-order valence-electron chi connectivity index (χ4n) is 2.39. The van der Waals surface area contributed by atoms with E-state index in [1.807, 2.05) is 78.9 Å². The van der Waals surface area contributed by atoms with Crippen molar-refractivity contribution >= 4 is 29.2 Å². The van der Waals surface area contributed by atoms with Gasteiger partial charge in [0, 0.05) is 5.69 Å². The first-order chi connectivity index (χ1) is 13.7. The van der Waals surface area contributed by atoms with Gasteiger partial charge in [0.1, 0.15) is 18.1 Å². The van der Waals surface area contributed by atoms with E-state index in [-0.39, 0.29) is 0 Å². The van der Waals surface area contributed by atoms with Crippen LogP contribution < -0.4 is 20.2 Å². The minimum absolute atomic E-state index is 0.407. The average molecular weight is 391 g/mol. The van der Waals surface area contributed by atoms with Crippen LogP contribution >= 0.6 is 12.2 Å². The molecule has 0 aliphatic heterocycles. The standard InChI is InChI=1S/C22H21N3O2S/c1-26-20-13-9-19(10-14-20)24-22(28)25-23-15-17-7-11-21(12-8-17)27-16-18-5-3-2-4-6-18/h2-15H,16H2,1H3,(H2,24,25,28). The van der Waals surface area contributed by atoms with Crippen LogP contribution in [0.1, 0.15) is 11.1 Å². The smallest absolute Gasteiger partial charge is 0.191 e. The van der Waals surface area contributed by atoms with Gasteiger partial charge in [0.15, 0.2) is 5.11 Å². The van der Waals surface area contributed by atoms with Crippen molar-refractivity contribution in [2.45, 2.75) is 6.61 Å². The Morgan fingerprint density at radius 2 is 1.61 bits per heavy atom. The largest absolute Gasteiger partial charge is 0.497 e. The highest BCUT2D eigenvalue weighted by molar-refractivity contribution is 7.80. The van der Waals surface area contributed by atoms with Gasteiger partial charge in [-0.2, -0.15) is 5.10 Å². The van der Waals surface area contributed by atoms with E-state index in [4.69, 9.17) is 21.7 Å². The molecular formula is C22H21N3O2S. The Hall–Kier alpha value is -3.38. The number of rotatable bonds is 7. The number of nitrogens with zero attached hydrogens (tertiary/aromatic N) is 1. The molecular weight excluding hydrogens is 370 g/mol. The summed E-state index contributed by atoms with van der Waals surface area (Å²) in [5, 5.41) is 7.61. The van der Waals surface area contributed by atoms with E-state index in [1.54, 1.807) is 13.3 Å². The molecule has 0 bridgehead atoms. The first kappa shape index (κ1) is 19.4. The van der Waals surface area contributed by atoms with Gasteiger partial charge < -0.3 is 14.8 Å². The van der Waals surface area contributed by atoms with Crippen molar-refractivity contribution in [1.82, 2.24) is 5.43 Å². The summed E-state index contributed by atoms with van der Waals surface area (Å²) >= 11 is 5.23. The number of hydrogen-bond acceptors (Lipinski definition) is 4. The number of benzene rings is 3. The molecule has 142 valence electrons. The second kappa shape index (κ2) is 10.1. The van der Waals surface area contributed by atoms with E-state index in [0.717, 1.165) is 28.3 Å². The Bertz CT molecular complexity index is 911. The van der Waals surface area contributed by atoms with Gasteiger partial charge >= 0.3 is 0 Å². The molecule has 0 saturated carbocycles. The fourth-order valence-corrected chi connectivity index (χ4v) is 2.56. The lowest BCUT2D eigenvalue weighted by atomic mass is 10.2. The predicted molar refractivity (Wildman–Crippen MR) is 117 cm³/mol. The summed E-state index contributed by atoms with van der Waals surface area (Å²) in [5.41, 5.74) is 5.72. The lowest BCUT2D eigenvalue weighted by molar-refractivity contribution is 0.306. The minimum atomic E-state index is 0.407. The van der Waals surface area contributed by atoms with Crippen molar-refractivity contribution in [2.24, 2.45) is 5.10 Å². The molecule has 0 unspecified atom stereocenters. The Morgan fingerprint density at radius 3 is 2.29 bits per heavy atom. The first-order valence-electron chi connectivity index (χ1n) is 8.74. The normalized spacial score (nSPS) is 10.5. The molecule has 6 heteroatoms. The van der Waals surface area contributed by atoms with Crippen LogP contribution in [0.25, 0.3) is 0 Å². The molecule has 0 aliphatic rings. The molecule has 0 fully saturated rings. The van der Waals surface area contributed by atoms with Crippen molar-refractivity contribution in [3.63, 3.8) is 0 Å². The highest BCUT2D eigenvalue weighted by Crippen LogP contribution is 2.15. The molecule has 0 radical (unpaired) electrons. The zero-order valence-electron chi connectivity index (χ0n) is 15.5. The predicted octanol–water partition coefficient (Wildman–Crippen LogP) is 4.59. The molecule has 3 rings (SSSR count). The van der Waals surface area contributed by atoms with Gasteiger partial charge in [-0.15, -0.1) is 0 Å². The third-order valence-corrected chi connectivity index (χ3v) is 4.05. The monoisotopic (exact) mass is 391 g/mol. The quantitative estimate of drug-likeness (QED) is 0.350. The molecule has 3 aromatic carbocycles. The van der Waals surface area contributed by atoms with Crippen LogP contribution in [0.5, 0.6) is 11.5 Å². The van der Waals surface area contributed by atoms with E-state index in [1.165, 1.54) is 0 Å². The summed E-state index contributed by atoms with van der Waals surface area (Å²) in [4.78, 5) is 0. The molecule has 0 aliphatic carbocycles. The maximum absolute atomic E-state index is 5.77. The highest BCUT2D eigenvalue weighted by Gasteiger charge is 1.98. The Balaban J connectivity index is 1.45. The van der Waals surface area contributed by atoms with Crippen molar-refractivity contribution in [2.75, 3.05) is 12.4 Å². The van der Waals surface area contributed by atoms with E-state index >= 15 is 0 Å². The molecule has 2 N–H and O–H groups in total. The zero-order chi connectivity index (χ0) is 19.6. The van der Waals surface area contributed by atoms with Crippen molar-refractivity contribution in [3.05, 3.63) is 90.0 Å². The van der Waals surface area contributed by atoms with Gasteiger partial charge in [-0.3, -0.25) is 5.43 Å². The summed E-state index contributed by atoms with van der Waals surface area (Å²) in [6, 6.07) is 25.2. The zero-order valence-corrected chi connectivity index (χ0v) is 16.3. The number of thiocarbonyl (C=S) groups is 1. The van der Waals surface area contributed by atoms with E-state index in [2.05, 4.69) is 15.8 Å². The molecule has 5 nitrogen and oxygen atoms in total. The van der Waals surface area contributed by atoms with E-state index in [9.17, 15) is 0 Å². The number of nitrogens with one attached hydrogen (secondary N) is 2. The molecule has 0 saturated heterocycles. The summed E-state index contributed by atoms with van der Waals surface area (Å²) in [5.74, 6) is 1.60. The lowest BCUT2D eigenvalue weighted by Crippen LogP contribution is -2.23. The van der Waals surface area contributed by atoms with Gasteiger partial charge in [0.2, 0.25) is 0 Å². The fraction of sp³-hybridized carbons (Fsp3) is 0.0909. The second-order valence-electron chi connectivity index (χ2n) is 5.90. The van der Waals surface area contributed by atoms with Crippen molar-refractivity contribution < 1.29 is 9.47 Å². The number of ether oxygens (including phenoxy) is 2. The maximum Gasteiger partial charge on any atom is 0.191 e. The second-order valence-corrected chi connectivity index (χ2v) is 6.30. The van der Waals surface area contributed by atoms with Crippen LogP contribution in [0.15, 0.2) is 84.0 Å². The van der Waals surface area contributed by atoms with E-state index < -0.39 is 0 Å². The molecule has 0 heterocycles. The van der Waals surface area contributed by atoms with Crippen LogP contribution in [-0.4, -0.2) is 18.4 Å². The van der Waals surface area contributed by atoms with Gasteiger partial charge in [-0.25, -0.2) is 0 Å². The maximum atomic E-state index is 5.77. The molecule has 0 amide bonds. The Kier molecular flexibility index (Phi) is 6.98. The van der Waals surface area contributed by atoms with Gasteiger partial charge in [-0.1, -0.05) is 30.3 Å².